The van der Waals surface area contributed by atoms with Crippen LogP contribution in [0.15, 0.2) is 24.3 Å². The van der Waals surface area contributed by atoms with E-state index in [0.717, 1.165) is 19.1 Å². The predicted molar refractivity (Wildman–Crippen MR) is 68.7 cm³/mol. The van der Waals surface area contributed by atoms with Gasteiger partial charge in [-0.05, 0) is 31.9 Å². The van der Waals surface area contributed by atoms with Gasteiger partial charge in [0.15, 0.2) is 15.6 Å². The molecule has 0 spiro atoms. The molecular weight excluding hydrogens is 252 g/mol. The lowest BCUT2D eigenvalue weighted by atomic mass is 10.1. The zero-order chi connectivity index (χ0) is 13.3. The molecule has 1 aliphatic carbocycles. The fourth-order valence-corrected chi connectivity index (χ4v) is 2.06. The van der Waals surface area contributed by atoms with Crippen LogP contribution in [0.5, 0.6) is 5.75 Å². The van der Waals surface area contributed by atoms with E-state index in [-0.39, 0.29) is 6.10 Å². The van der Waals surface area contributed by atoms with Crippen LogP contribution in [0.25, 0.3) is 0 Å². The zero-order valence-electron chi connectivity index (χ0n) is 10.4. The molecule has 5 heteroatoms. The van der Waals surface area contributed by atoms with Crippen LogP contribution in [0.2, 0.25) is 0 Å². The minimum absolute atomic E-state index is 0.252. The summed E-state index contributed by atoms with van der Waals surface area (Å²) in [5.74, 6) is 0.239. The first-order chi connectivity index (χ1) is 8.38. The van der Waals surface area contributed by atoms with E-state index >= 15 is 0 Å². The maximum Gasteiger partial charge on any atom is 0.180 e. The van der Waals surface area contributed by atoms with Crippen LogP contribution < -0.4 is 4.74 Å². The summed E-state index contributed by atoms with van der Waals surface area (Å²) in [6, 6.07) is 6.71. The number of rotatable bonds is 5. The van der Waals surface area contributed by atoms with E-state index in [1.165, 1.54) is 6.92 Å². The van der Waals surface area contributed by atoms with Gasteiger partial charge in [0.25, 0.3) is 0 Å². The summed E-state index contributed by atoms with van der Waals surface area (Å²) in [4.78, 5) is 12.0. The molecule has 1 aromatic rings. The SMILES string of the molecule is CC(C(=O)c1cccc(OC2CC2)c1)S(C)(=O)=O. The standard InChI is InChI=1S/C13H16O4S/c1-9(18(2,15)16)13(14)10-4-3-5-12(8-10)17-11-6-7-11/h3-5,8-9,11H,6-7H2,1-2H3. The van der Waals surface area contributed by atoms with Gasteiger partial charge in [-0.2, -0.15) is 0 Å². The molecule has 4 nitrogen and oxygen atoms in total. The molecule has 1 unspecified atom stereocenters. The summed E-state index contributed by atoms with van der Waals surface area (Å²) in [5.41, 5.74) is 0.381. The van der Waals surface area contributed by atoms with Crippen LogP contribution in [0.3, 0.4) is 0 Å². The topological polar surface area (TPSA) is 60.4 Å². The number of hydrogen-bond donors (Lipinski definition) is 0. The number of carbonyl (C=O) groups excluding carboxylic acids is 1. The van der Waals surface area contributed by atoms with E-state index in [1.807, 2.05) is 0 Å². The highest BCUT2D eigenvalue weighted by Gasteiger charge is 2.26. The molecule has 0 N–H and O–H groups in total. The molecule has 2 rings (SSSR count). The summed E-state index contributed by atoms with van der Waals surface area (Å²) in [6.45, 7) is 1.41. The Morgan fingerprint density at radius 3 is 2.61 bits per heavy atom. The second-order valence-corrected chi connectivity index (χ2v) is 7.05. The van der Waals surface area contributed by atoms with Crippen LogP contribution in [-0.4, -0.2) is 31.8 Å². The first-order valence-electron chi connectivity index (χ1n) is 5.88. The zero-order valence-corrected chi connectivity index (χ0v) is 11.2. The summed E-state index contributed by atoms with van der Waals surface area (Å²) >= 11 is 0. The largest absolute Gasteiger partial charge is 0.490 e. The number of benzene rings is 1. The van der Waals surface area contributed by atoms with Gasteiger partial charge in [-0.3, -0.25) is 4.79 Å². The van der Waals surface area contributed by atoms with E-state index in [1.54, 1.807) is 24.3 Å². The summed E-state index contributed by atoms with van der Waals surface area (Å²) in [7, 11) is -3.36. The van der Waals surface area contributed by atoms with Crippen molar-refractivity contribution in [2.75, 3.05) is 6.26 Å². The minimum atomic E-state index is -3.36. The Bertz CT molecular complexity index is 558. The molecule has 1 saturated carbocycles. The van der Waals surface area contributed by atoms with Crippen molar-refractivity contribution >= 4 is 15.6 Å². The molecule has 0 bridgehead atoms. The van der Waals surface area contributed by atoms with E-state index in [4.69, 9.17) is 4.74 Å². The van der Waals surface area contributed by atoms with Crippen molar-refractivity contribution in [1.29, 1.82) is 0 Å². The Kier molecular flexibility index (Phi) is 3.43. The smallest absolute Gasteiger partial charge is 0.180 e. The van der Waals surface area contributed by atoms with Gasteiger partial charge in [-0.25, -0.2) is 8.42 Å². The lowest BCUT2D eigenvalue weighted by Crippen LogP contribution is -2.26. The van der Waals surface area contributed by atoms with Gasteiger partial charge < -0.3 is 4.74 Å². The van der Waals surface area contributed by atoms with Crippen molar-refractivity contribution in [3.05, 3.63) is 29.8 Å². The predicted octanol–water partition coefficient (Wildman–Crippen LogP) is 1.84. The Balaban J connectivity index is 2.19. The maximum absolute atomic E-state index is 12.0. The number of ether oxygens (including phenoxy) is 1. The quantitative estimate of drug-likeness (QED) is 0.765. The van der Waals surface area contributed by atoms with Gasteiger partial charge in [0.1, 0.15) is 11.0 Å². The molecule has 0 radical (unpaired) electrons. The molecule has 98 valence electrons. The van der Waals surface area contributed by atoms with Gasteiger partial charge in [-0.1, -0.05) is 12.1 Å². The summed E-state index contributed by atoms with van der Waals surface area (Å²) in [6.07, 6.45) is 3.40. The van der Waals surface area contributed by atoms with Gasteiger partial charge in [0.2, 0.25) is 0 Å². The van der Waals surface area contributed by atoms with Gasteiger partial charge in [0.05, 0.1) is 6.10 Å². The molecule has 0 saturated heterocycles. The molecule has 1 aromatic carbocycles. The number of carbonyl (C=O) groups is 1. The van der Waals surface area contributed by atoms with E-state index < -0.39 is 20.9 Å². The Labute approximate surface area is 107 Å². The van der Waals surface area contributed by atoms with Crippen LogP contribution in [-0.2, 0) is 9.84 Å². The van der Waals surface area contributed by atoms with Crippen LogP contribution in [0.1, 0.15) is 30.1 Å². The van der Waals surface area contributed by atoms with E-state index in [2.05, 4.69) is 0 Å². The van der Waals surface area contributed by atoms with Crippen molar-refractivity contribution in [1.82, 2.24) is 0 Å². The molecule has 0 aromatic heterocycles. The third kappa shape index (κ3) is 3.10. The average Bonchev–Trinajstić information content (AvgIpc) is 3.10. The lowest BCUT2D eigenvalue weighted by Gasteiger charge is -2.10. The van der Waals surface area contributed by atoms with E-state index in [0.29, 0.717) is 11.3 Å². The normalized spacial score (nSPS) is 17.2. The molecule has 1 aliphatic rings. The third-order valence-corrected chi connectivity index (χ3v) is 4.46. The van der Waals surface area contributed by atoms with E-state index in [9.17, 15) is 13.2 Å². The molecular formula is C13H16O4S. The number of sulfone groups is 1. The van der Waals surface area contributed by atoms with Crippen LogP contribution in [0.4, 0.5) is 0 Å². The second-order valence-electron chi connectivity index (χ2n) is 4.68. The van der Waals surface area contributed by atoms with Crippen molar-refractivity contribution < 1.29 is 17.9 Å². The Morgan fingerprint density at radius 2 is 2.06 bits per heavy atom. The summed E-state index contributed by atoms with van der Waals surface area (Å²) < 4.78 is 28.3. The third-order valence-electron chi connectivity index (χ3n) is 2.96. The minimum Gasteiger partial charge on any atom is -0.490 e. The molecule has 1 atom stereocenters. The highest BCUT2D eigenvalue weighted by molar-refractivity contribution is 7.92. The fourth-order valence-electron chi connectivity index (χ4n) is 1.53. The fraction of sp³-hybridized carbons (Fsp3) is 0.462. The van der Waals surface area contributed by atoms with Gasteiger partial charge in [0, 0.05) is 11.8 Å². The van der Waals surface area contributed by atoms with Crippen molar-refractivity contribution in [2.24, 2.45) is 0 Å². The van der Waals surface area contributed by atoms with Gasteiger partial charge >= 0.3 is 0 Å². The highest BCUT2D eigenvalue weighted by atomic mass is 32.2. The first-order valence-corrected chi connectivity index (χ1v) is 7.83. The number of hydrogen-bond acceptors (Lipinski definition) is 4. The monoisotopic (exact) mass is 268 g/mol. The van der Waals surface area contributed by atoms with Crippen molar-refractivity contribution in [3.63, 3.8) is 0 Å². The second kappa shape index (κ2) is 4.72. The van der Waals surface area contributed by atoms with Crippen molar-refractivity contribution in [2.45, 2.75) is 31.1 Å². The maximum atomic E-state index is 12.0. The molecule has 1 fully saturated rings. The van der Waals surface area contributed by atoms with Gasteiger partial charge in [-0.15, -0.1) is 0 Å². The van der Waals surface area contributed by atoms with Crippen molar-refractivity contribution in [3.8, 4) is 5.75 Å². The number of ketones is 1. The summed E-state index contributed by atoms with van der Waals surface area (Å²) in [5, 5.41) is -1.02. The molecule has 0 amide bonds. The molecule has 0 heterocycles. The first kappa shape index (κ1) is 13.1. The van der Waals surface area contributed by atoms with Crippen LogP contribution in [0, 0.1) is 0 Å². The highest BCUT2D eigenvalue weighted by Crippen LogP contribution is 2.27. The average molecular weight is 268 g/mol. The van der Waals surface area contributed by atoms with Crippen LogP contribution >= 0.6 is 0 Å². The lowest BCUT2D eigenvalue weighted by molar-refractivity contribution is 0.0991. The Morgan fingerprint density at radius 1 is 1.39 bits per heavy atom. The molecule has 18 heavy (non-hydrogen) atoms. The molecule has 0 aliphatic heterocycles. The number of Topliss-reactive ketones (excluding diaryl/α,β-unsaturated/α-hetero) is 1. The Hall–Kier alpha value is -1.36.